The Morgan fingerprint density at radius 2 is 2.14 bits per heavy atom. The number of thiazole rings is 1. The number of fused-ring (bicyclic) bond motifs is 1. The Balaban J connectivity index is 1.64. The predicted octanol–water partition coefficient (Wildman–Crippen LogP) is 3.84. The minimum atomic E-state index is 0.550. The molecular weight excluding hydrogens is 302 g/mol. The highest BCUT2D eigenvalue weighted by Gasteiger charge is 2.15. The molecule has 0 fully saturated rings. The zero-order valence-electron chi connectivity index (χ0n) is 11.8. The Labute approximate surface area is 133 Å². The number of rotatable bonds is 3. The molecule has 0 bridgehead atoms. The van der Waals surface area contributed by atoms with Crippen LogP contribution >= 0.6 is 23.6 Å². The Morgan fingerprint density at radius 3 is 2.95 bits per heavy atom. The highest BCUT2D eigenvalue weighted by Crippen LogP contribution is 2.29. The zero-order valence-corrected chi connectivity index (χ0v) is 13.4. The number of benzene rings is 1. The van der Waals surface area contributed by atoms with Crippen molar-refractivity contribution in [2.45, 2.75) is 25.7 Å². The summed E-state index contributed by atoms with van der Waals surface area (Å²) in [6.45, 7) is 0. The number of aromatic nitrogens is 1. The van der Waals surface area contributed by atoms with Crippen molar-refractivity contribution in [3.05, 3.63) is 34.8 Å². The molecule has 1 aromatic heterocycles. The molecule has 21 heavy (non-hydrogen) atoms. The summed E-state index contributed by atoms with van der Waals surface area (Å²) in [5.74, 6) is 0.799. The van der Waals surface area contributed by atoms with E-state index in [9.17, 15) is 0 Å². The topological polar surface area (TPSA) is 46.2 Å². The Hall–Kier alpha value is -1.66. The normalized spacial score (nSPS) is 13.4. The van der Waals surface area contributed by atoms with E-state index in [1.54, 1.807) is 18.4 Å². The molecule has 0 unspecified atom stereocenters. The molecular formula is C15H17N3OS2. The van der Waals surface area contributed by atoms with Gasteiger partial charge in [-0.05, 0) is 50.0 Å². The van der Waals surface area contributed by atoms with Crippen molar-refractivity contribution in [1.82, 2.24) is 4.98 Å². The first-order chi connectivity index (χ1) is 10.2. The van der Waals surface area contributed by atoms with Crippen LogP contribution in [-0.4, -0.2) is 17.2 Å². The number of hydrogen-bond acceptors (Lipinski definition) is 4. The summed E-state index contributed by atoms with van der Waals surface area (Å²) in [7, 11) is 1.65. The molecule has 1 aromatic carbocycles. The van der Waals surface area contributed by atoms with Gasteiger partial charge in [0.2, 0.25) is 0 Å². The van der Waals surface area contributed by atoms with Gasteiger partial charge in [-0.2, -0.15) is 0 Å². The molecule has 2 N–H and O–H groups in total. The van der Waals surface area contributed by atoms with E-state index in [1.807, 2.05) is 24.3 Å². The van der Waals surface area contributed by atoms with Crippen molar-refractivity contribution >= 4 is 39.5 Å². The summed E-state index contributed by atoms with van der Waals surface area (Å²) in [6, 6.07) is 7.67. The van der Waals surface area contributed by atoms with Crippen molar-refractivity contribution in [2.75, 3.05) is 17.7 Å². The van der Waals surface area contributed by atoms with Crippen LogP contribution in [0.25, 0.3) is 0 Å². The monoisotopic (exact) mass is 319 g/mol. The second-order valence-corrected chi connectivity index (χ2v) is 6.40. The Kier molecular flexibility index (Phi) is 4.36. The van der Waals surface area contributed by atoms with Crippen LogP contribution < -0.4 is 15.4 Å². The number of ether oxygens (including phenoxy) is 1. The first-order valence-corrected chi connectivity index (χ1v) is 8.18. The lowest BCUT2D eigenvalue weighted by Crippen LogP contribution is -2.18. The molecule has 1 heterocycles. The number of aryl methyl sites for hydroxylation is 2. The van der Waals surface area contributed by atoms with Crippen molar-refractivity contribution in [3.63, 3.8) is 0 Å². The number of hydrogen-bond donors (Lipinski definition) is 2. The smallest absolute Gasteiger partial charge is 0.189 e. The Morgan fingerprint density at radius 1 is 1.29 bits per heavy atom. The predicted molar refractivity (Wildman–Crippen MR) is 91.6 cm³/mol. The standard InChI is InChI=1S/C15H17N3OS2/c1-19-11-6-4-5-10(9-11)16-14(20)18-15-17-12-7-2-3-8-13(12)21-15/h4-6,9H,2-3,7-8H2,1H3,(H2,16,17,18,20). The van der Waals surface area contributed by atoms with Gasteiger partial charge >= 0.3 is 0 Å². The highest BCUT2D eigenvalue weighted by molar-refractivity contribution is 7.80. The minimum absolute atomic E-state index is 0.550. The zero-order chi connectivity index (χ0) is 14.7. The molecule has 0 spiro atoms. The fourth-order valence-electron chi connectivity index (χ4n) is 2.37. The van der Waals surface area contributed by atoms with Crippen LogP contribution in [-0.2, 0) is 12.8 Å². The van der Waals surface area contributed by atoms with Gasteiger partial charge in [0.1, 0.15) is 5.75 Å². The average Bonchev–Trinajstić information content (AvgIpc) is 2.89. The fraction of sp³-hybridized carbons (Fsp3) is 0.333. The molecule has 0 radical (unpaired) electrons. The van der Waals surface area contributed by atoms with Gasteiger partial charge in [0.05, 0.1) is 12.8 Å². The van der Waals surface area contributed by atoms with Crippen LogP contribution in [0.1, 0.15) is 23.4 Å². The van der Waals surface area contributed by atoms with Crippen LogP contribution in [0, 0.1) is 0 Å². The lowest BCUT2D eigenvalue weighted by Gasteiger charge is -2.09. The van der Waals surface area contributed by atoms with E-state index in [0.717, 1.165) is 29.4 Å². The summed E-state index contributed by atoms with van der Waals surface area (Å²) in [5, 5.41) is 7.75. The molecule has 0 saturated heterocycles. The third kappa shape index (κ3) is 3.51. The van der Waals surface area contributed by atoms with Crippen LogP contribution in [0.5, 0.6) is 5.75 Å². The first-order valence-electron chi connectivity index (χ1n) is 6.95. The van der Waals surface area contributed by atoms with E-state index < -0.39 is 0 Å². The fourth-order valence-corrected chi connectivity index (χ4v) is 3.70. The number of nitrogens with one attached hydrogen (secondary N) is 2. The molecule has 0 amide bonds. The van der Waals surface area contributed by atoms with Crippen LogP contribution in [0.15, 0.2) is 24.3 Å². The molecule has 4 nitrogen and oxygen atoms in total. The molecule has 0 atom stereocenters. The van der Waals surface area contributed by atoms with Gasteiger partial charge in [0.25, 0.3) is 0 Å². The van der Waals surface area contributed by atoms with Crippen molar-refractivity contribution < 1.29 is 4.74 Å². The van der Waals surface area contributed by atoms with E-state index >= 15 is 0 Å². The van der Waals surface area contributed by atoms with Crippen LogP contribution in [0.2, 0.25) is 0 Å². The maximum atomic E-state index is 5.34. The number of thiocarbonyl (C=S) groups is 1. The second kappa shape index (κ2) is 6.41. The lowest BCUT2D eigenvalue weighted by atomic mass is 10.0. The van der Waals surface area contributed by atoms with Gasteiger partial charge in [-0.1, -0.05) is 6.07 Å². The van der Waals surface area contributed by atoms with E-state index in [2.05, 4.69) is 15.6 Å². The molecule has 6 heteroatoms. The average molecular weight is 319 g/mol. The summed E-state index contributed by atoms with van der Waals surface area (Å²) < 4.78 is 5.20. The van der Waals surface area contributed by atoms with E-state index in [4.69, 9.17) is 17.0 Å². The van der Waals surface area contributed by atoms with Gasteiger partial charge in [-0.25, -0.2) is 4.98 Å². The maximum Gasteiger partial charge on any atom is 0.189 e. The van der Waals surface area contributed by atoms with E-state index in [0.29, 0.717) is 5.11 Å². The number of anilines is 2. The largest absolute Gasteiger partial charge is 0.497 e. The molecule has 3 rings (SSSR count). The van der Waals surface area contributed by atoms with Gasteiger partial charge < -0.3 is 15.4 Å². The number of methoxy groups -OCH3 is 1. The number of nitrogens with zero attached hydrogens (tertiary/aromatic N) is 1. The third-order valence-electron chi connectivity index (χ3n) is 3.39. The first kappa shape index (κ1) is 14.3. The van der Waals surface area contributed by atoms with E-state index in [1.165, 1.54) is 23.4 Å². The van der Waals surface area contributed by atoms with Gasteiger partial charge in [-0.15, -0.1) is 11.3 Å². The quantitative estimate of drug-likeness (QED) is 0.842. The minimum Gasteiger partial charge on any atom is -0.497 e. The van der Waals surface area contributed by atoms with Crippen LogP contribution in [0.3, 0.4) is 0 Å². The van der Waals surface area contributed by atoms with Gasteiger partial charge in [-0.3, -0.25) is 0 Å². The van der Waals surface area contributed by atoms with Gasteiger partial charge in [0, 0.05) is 16.6 Å². The molecule has 110 valence electrons. The van der Waals surface area contributed by atoms with Crippen molar-refractivity contribution in [1.29, 1.82) is 0 Å². The van der Waals surface area contributed by atoms with Gasteiger partial charge in [0.15, 0.2) is 10.2 Å². The summed E-state index contributed by atoms with van der Waals surface area (Å²) in [5.41, 5.74) is 2.13. The highest BCUT2D eigenvalue weighted by atomic mass is 32.1. The molecule has 0 saturated carbocycles. The molecule has 0 aliphatic heterocycles. The van der Waals surface area contributed by atoms with Crippen molar-refractivity contribution in [3.8, 4) is 5.75 Å². The summed E-state index contributed by atoms with van der Waals surface area (Å²) in [6.07, 6.45) is 4.73. The maximum absolute atomic E-state index is 5.34. The molecule has 1 aliphatic rings. The van der Waals surface area contributed by atoms with Crippen molar-refractivity contribution in [2.24, 2.45) is 0 Å². The SMILES string of the molecule is COc1cccc(NC(=S)Nc2nc3c(s2)CCCC3)c1. The lowest BCUT2D eigenvalue weighted by molar-refractivity contribution is 0.415. The third-order valence-corrected chi connectivity index (χ3v) is 4.67. The van der Waals surface area contributed by atoms with E-state index in [-0.39, 0.29) is 0 Å². The Bertz CT molecular complexity index is 631. The summed E-state index contributed by atoms with van der Waals surface area (Å²) >= 11 is 7.05. The molecule has 2 aromatic rings. The molecule has 1 aliphatic carbocycles. The summed E-state index contributed by atoms with van der Waals surface area (Å²) in [4.78, 5) is 6.02. The second-order valence-electron chi connectivity index (χ2n) is 4.91. The van der Waals surface area contributed by atoms with Crippen LogP contribution in [0.4, 0.5) is 10.8 Å².